The van der Waals surface area contributed by atoms with Gasteiger partial charge in [-0.3, -0.25) is 4.84 Å². The van der Waals surface area contributed by atoms with E-state index in [1.165, 1.54) is 7.11 Å². The molecule has 0 saturated heterocycles. The quantitative estimate of drug-likeness (QED) is 0.584. The second-order valence-electron chi connectivity index (χ2n) is 2.41. The van der Waals surface area contributed by atoms with Crippen LogP contribution in [0, 0.1) is 0 Å². The van der Waals surface area contributed by atoms with Gasteiger partial charge in [-0.25, -0.2) is 4.79 Å². The van der Waals surface area contributed by atoms with Crippen molar-refractivity contribution in [3.05, 3.63) is 35.9 Å². The fourth-order valence-corrected chi connectivity index (χ4v) is 0.822. The highest BCUT2D eigenvalue weighted by molar-refractivity contribution is 5.59. The van der Waals surface area contributed by atoms with Crippen molar-refractivity contribution in [1.29, 1.82) is 0 Å². The molecule has 1 N–H and O–H groups in total. The molecule has 0 aliphatic carbocycles. The number of hydrogen-bond acceptors (Lipinski definition) is 5. The summed E-state index contributed by atoms with van der Waals surface area (Å²) in [5.41, 5.74) is 2.80. The molecule has 5 nitrogen and oxygen atoms in total. The molecule has 1 aromatic rings. The van der Waals surface area contributed by atoms with E-state index in [9.17, 15) is 4.79 Å². The van der Waals surface area contributed by atoms with Crippen LogP contribution in [0.2, 0.25) is 0 Å². The molecule has 1 rings (SSSR count). The first-order valence-electron chi connectivity index (χ1n) is 3.98. The van der Waals surface area contributed by atoms with E-state index in [4.69, 9.17) is 4.74 Å². The van der Waals surface area contributed by atoms with Crippen LogP contribution in [0.1, 0.15) is 5.56 Å². The van der Waals surface area contributed by atoms with Gasteiger partial charge in [0, 0.05) is 0 Å². The van der Waals surface area contributed by atoms with Gasteiger partial charge < -0.3 is 9.57 Å². The van der Waals surface area contributed by atoms with Crippen LogP contribution >= 0.6 is 0 Å². The van der Waals surface area contributed by atoms with Crippen molar-refractivity contribution in [2.75, 3.05) is 7.11 Å². The van der Waals surface area contributed by atoms with Crippen molar-refractivity contribution in [3.63, 3.8) is 0 Å². The van der Waals surface area contributed by atoms with Crippen LogP contribution in [0.4, 0.5) is 4.79 Å². The van der Waals surface area contributed by atoms with Crippen LogP contribution in [0.25, 0.3) is 0 Å². The van der Waals surface area contributed by atoms with Crippen molar-refractivity contribution in [2.24, 2.45) is 0 Å². The lowest BCUT2D eigenvalue weighted by molar-refractivity contribution is -0.129. The van der Waals surface area contributed by atoms with Crippen LogP contribution in [0.5, 0.6) is 0 Å². The number of carbonyl (C=O) groups is 1. The lowest BCUT2D eigenvalue weighted by Crippen LogP contribution is -2.19. The highest BCUT2D eigenvalue weighted by Gasteiger charge is 2.03. The van der Waals surface area contributed by atoms with E-state index in [1.807, 2.05) is 36.0 Å². The third-order valence-corrected chi connectivity index (χ3v) is 1.41. The maximum Gasteiger partial charge on any atom is 0.530 e. The zero-order chi connectivity index (χ0) is 10.2. The molecule has 0 unspecified atom stereocenters. The smallest absolute Gasteiger partial charge is 0.428 e. The summed E-state index contributed by atoms with van der Waals surface area (Å²) in [5, 5.41) is 0. The molecule has 0 heterocycles. The maximum absolute atomic E-state index is 10.8. The van der Waals surface area contributed by atoms with Gasteiger partial charge in [-0.15, -0.1) is 0 Å². The average Bonchev–Trinajstić information content (AvgIpc) is 2.25. The third-order valence-electron chi connectivity index (χ3n) is 1.41. The first-order chi connectivity index (χ1) is 6.83. The van der Waals surface area contributed by atoms with Gasteiger partial charge in [0.1, 0.15) is 6.61 Å². The van der Waals surface area contributed by atoms with Crippen molar-refractivity contribution in [3.8, 4) is 0 Å². The van der Waals surface area contributed by atoms with Gasteiger partial charge in [0.25, 0.3) is 0 Å². The van der Waals surface area contributed by atoms with Gasteiger partial charge in [-0.2, -0.15) is 0 Å². The lowest BCUT2D eigenvalue weighted by Gasteiger charge is -2.04. The largest absolute Gasteiger partial charge is 0.530 e. The monoisotopic (exact) mass is 197 g/mol. The SMILES string of the molecule is CONOC(=O)OCc1ccccc1. The zero-order valence-corrected chi connectivity index (χ0v) is 7.73. The predicted octanol–water partition coefficient (Wildman–Crippen LogP) is 1.41. The summed E-state index contributed by atoms with van der Waals surface area (Å²) >= 11 is 0. The minimum Gasteiger partial charge on any atom is -0.428 e. The molecule has 0 amide bonds. The number of nitrogens with one attached hydrogen (secondary N) is 1. The first kappa shape index (κ1) is 10.5. The van der Waals surface area contributed by atoms with E-state index >= 15 is 0 Å². The standard InChI is InChI=1S/C9H11NO4/c1-12-10-14-9(11)13-7-8-5-3-2-4-6-8/h2-6,10H,7H2,1H3. The number of carbonyl (C=O) groups excluding carboxylic acids is 1. The van der Waals surface area contributed by atoms with Gasteiger partial charge in [-0.1, -0.05) is 30.3 Å². The van der Waals surface area contributed by atoms with E-state index in [0.717, 1.165) is 5.56 Å². The maximum atomic E-state index is 10.8. The van der Waals surface area contributed by atoms with Crippen molar-refractivity contribution < 1.29 is 19.2 Å². The van der Waals surface area contributed by atoms with E-state index in [0.29, 0.717) is 0 Å². The Morgan fingerprint density at radius 3 is 2.71 bits per heavy atom. The Bertz CT molecular complexity index is 275. The Balaban J connectivity index is 2.24. The molecule has 0 aliphatic heterocycles. The molecular formula is C9H11NO4. The predicted molar refractivity (Wildman–Crippen MR) is 47.9 cm³/mol. The van der Waals surface area contributed by atoms with Crippen LogP contribution in [-0.2, 0) is 21.0 Å². The summed E-state index contributed by atoms with van der Waals surface area (Å²) < 4.78 is 4.73. The van der Waals surface area contributed by atoms with Crippen molar-refractivity contribution >= 4 is 6.16 Å². The Hall–Kier alpha value is -1.59. The summed E-state index contributed by atoms with van der Waals surface area (Å²) in [6.45, 7) is 0.172. The Labute approximate surface area is 81.5 Å². The molecule has 0 aliphatic rings. The topological polar surface area (TPSA) is 56.8 Å². The summed E-state index contributed by atoms with van der Waals surface area (Å²) in [6.07, 6.45) is -0.837. The van der Waals surface area contributed by atoms with Crippen molar-refractivity contribution in [1.82, 2.24) is 5.64 Å². The zero-order valence-electron chi connectivity index (χ0n) is 7.73. The highest BCUT2D eigenvalue weighted by Crippen LogP contribution is 2.00. The molecule has 0 atom stereocenters. The number of rotatable bonds is 4. The Morgan fingerprint density at radius 1 is 1.36 bits per heavy atom. The summed E-state index contributed by atoms with van der Waals surface area (Å²) in [5.74, 6) is 0. The second kappa shape index (κ2) is 5.95. The molecule has 5 heteroatoms. The average molecular weight is 197 g/mol. The van der Waals surface area contributed by atoms with Gasteiger partial charge >= 0.3 is 6.16 Å². The van der Waals surface area contributed by atoms with Crippen LogP contribution in [0.3, 0.4) is 0 Å². The Kier molecular flexibility index (Phi) is 4.46. The normalized spacial score (nSPS) is 9.50. The van der Waals surface area contributed by atoms with E-state index < -0.39 is 6.16 Å². The van der Waals surface area contributed by atoms with Crippen LogP contribution in [0.15, 0.2) is 30.3 Å². The fourth-order valence-electron chi connectivity index (χ4n) is 0.822. The molecule has 1 aromatic carbocycles. The van der Waals surface area contributed by atoms with Crippen LogP contribution in [-0.4, -0.2) is 13.3 Å². The van der Waals surface area contributed by atoms with Gasteiger partial charge in [0.15, 0.2) is 0 Å². The molecular weight excluding hydrogens is 186 g/mol. The molecule has 0 aromatic heterocycles. The molecule has 0 saturated carbocycles. The minimum absolute atomic E-state index is 0.172. The molecule has 0 radical (unpaired) electrons. The first-order valence-corrected chi connectivity index (χ1v) is 3.98. The van der Waals surface area contributed by atoms with E-state index in [-0.39, 0.29) is 6.61 Å². The van der Waals surface area contributed by atoms with Gasteiger partial charge in [-0.05, 0) is 11.2 Å². The molecule has 0 fully saturated rings. The van der Waals surface area contributed by atoms with Gasteiger partial charge in [0.05, 0.1) is 7.11 Å². The summed E-state index contributed by atoms with van der Waals surface area (Å²) in [7, 11) is 1.32. The second-order valence-corrected chi connectivity index (χ2v) is 2.41. The van der Waals surface area contributed by atoms with Gasteiger partial charge in [0.2, 0.25) is 0 Å². The molecule has 14 heavy (non-hydrogen) atoms. The lowest BCUT2D eigenvalue weighted by atomic mass is 10.2. The highest BCUT2D eigenvalue weighted by atomic mass is 17.0. The number of ether oxygens (including phenoxy) is 1. The fraction of sp³-hybridized carbons (Fsp3) is 0.222. The molecule has 76 valence electrons. The number of hydrogen-bond donors (Lipinski definition) is 1. The molecule has 0 bridgehead atoms. The third kappa shape index (κ3) is 3.88. The number of benzene rings is 1. The van der Waals surface area contributed by atoms with Crippen molar-refractivity contribution in [2.45, 2.75) is 6.61 Å². The summed E-state index contributed by atoms with van der Waals surface area (Å²) in [4.78, 5) is 19.4. The van der Waals surface area contributed by atoms with E-state index in [1.54, 1.807) is 0 Å². The minimum atomic E-state index is -0.837. The van der Waals surface area contributed by atoms with Crippen LogP contribution < -0.4 is 5.64 Å². The summed E-state index contributed by atoms with van der Waals surface area (Å²) in [6, 6.07) is 9.29. The molecule has 0 spiro atoms. The Morgan fingerprint density at radius 2 is 2.07 bits per heavy atom. The van der Waals surface area contributed by atoms with E-state index in [2.05, 4.69) is 9.68 Å².